The molecule has 0 radical (unpaired) electrons. The molecule has 31 heavy (non-hydrogen) atoms. The summed E-state index contributed by atoms with van der Waals surface area (Å²) >= 11 is 0. The first-order valence-electron chi connectivity index (χ1n) is 10.9. The van der Waals surface area contributed by atoms with Crippen molar-refractivity contribution in [3.63, 3.8) is 0 Å². The van der Waals surface area contributed by atoms with E-state index in [2.05, 4.69) is 46.3 Å². The van der Waals surface area contributed by atoms with Crippen LogP contribution in [0.1, 0.15) is 12.0 Å². The van der Waals surface area contributed by atoms with Crippen molar-refractivity contribution in [2.24, 2.45) is 5.92 Å². The zero-order valence-electron chi connectivity index (χ0n) is 18.0. The Morgan fingerprint density at radius 1 is 1.03 bits per heavy atom. The lowest BCUT2D eigenvalue weighted by Gasteiger charge is -2.36. The van der Waals surface area contributed by atoms with Gasteiger partial charge in [-0.15, -0.1) is 0 Å². The first kappa shape index (κ1) is 21.2. The molecule has 2 amide bonds. The molecule has 0 aliphatic carbocycles. The molecule has 2 fully saturated rings. The number of carbonyl (C=O) groups excluding carboxylic acids is 2. The minimum atomic E-state index is -0.125. The highest BCUT2D eigenvalue weighted by Crippen LogP contribution is 2.21. The van der Waals surface area contributed by atoms with Crippen LogP contribution in [-0.4, -0.2) is 72.5 Å². The first-order valence-corrected chi connectivity index (χ1v) is 10.9. The Hall–Kier alpha value is -3.06. The summed E-state index contributed by atoms with van der Waals surface area (Å²) < 4.78 is 0. The second kappa shape index (κ2) is 9.39. The van der Waals surface area contributed by atoms with Gasteiger partial charge in [-0.2, -0.15) is 0 Å². The Labute approximate surface area is 183 Å². The maximum Gasteiger partial charge on any atom is 0.236 e. The quantitative estimate of drug-likeness (QED) is 0.724. The summed E-state index contributed by atoms with van der Waals surface area (Å²) in [6.45, 7) is 6.95. The van der Waals surface area contributed by atoms with E-state index >= 15 is 0 Å². The van der Waals surface area contributed by atoms with Crippen LogP contribution >= 0.6 is 0 Å². The van der Waals surface area contributed by atoms with Crippen LogP contribution in [0, 0.1) is 12.8 Å². The minimum absolute atomic E-state index is 0.0348. The van der Waals surface area contributed by atoms with Crippen molar-refractivity contribution in [3.8, 4) is 5.75 Å². The number of hydrogen-bond acceptors (Lipinski definition) is 5. The molecule has 4 rings (SSSR count). The number of aromatic hydroxyl groups is 1. The largest absolute Gasteiger partial charge is 0.508 e. The van der Waals surface area contributed by atoms with Crippen LogP contribution in [0.2, 0.25) is 0 Å². The average Bonchev–Trinajstić information content (AvgIpc) is 3.24. The number of phenols is 1. The Balaban J connectivity index is 1.22. The summed E-state index contributed by atoms with van der Waals surface area (Å²) in [5.41, 5.74) is 3.13. The van der Waals surface area contributed by atoms with Crippen LogP contribution in [-0.2, 0) is 9.59 Å². The fraction of sp³-hybridized carbons (Fsp3) is 0.417. The Bertz CT molecular complexity index is 923. The fourth-order valence-corrected chi connectivity index (χ4v) is 4.31. The van der Waals surface area contributed by atoms with E-state index in [1.54, 1.807) is 24.3 Å². The molecule has 164 valence electrons. The van der Waals surface area contributed by atoms with Gasteiger partial charge in [-0.25, -0.2) is 0 Å². The molecule has 2 N–H and O–H groups in total. The molecular formula is C24H30N4O3. The smallest absolute Gasteiger partial charge is 0.236 e. The van der Waals surface area contributed by atoms with Crippen molar-refractivity contribution in [3.05, 3.63) is 54.1 Å². The van der Waals surface area contributed by atoms with Gasteiger partial charge < -0.3 is 20.2 Å². The van der Waals surface area contributed by atoms with E-state index in [9.17, 15) is 14.7 Å². The Kier molecular flexibility index (Phi) is 6.42. The number of nitrogens with zero attached hydrogens (tertiary/aromatic N) is 3. The van der Waals surface area contributed by atoms with Crippen LogP contribution in [0.4, 0.5) is 11.4 Å². The highest BCUT2D eigenvalue weighted by Gasteiger charge is 2.31. The molecule has 2 aliphatic heterocycles. The zero-order chi connectivity index (χ0) is 21.8. The monoisotopic (exact) mass is 422 g/mol. The molecule has 1 atom stereocenters. The number of piperazine rings is 1. The number of phenolic OH excluding ortho intramolecular Hbond substituents is 1. The summed E-state index contributed by atoms with van der Waals surface area (Å²) in [6.07, 6.45) is 0.748. The van der Waals surface area contributed by atoms with E-state index in [4.69, 9.17) is 0 Å². The number of amides is 2. The van der Waals surface area contributed by atoms with Gasteiger partial charge >= 0.3 is 0 Å². The van der Waals surface area contributed by atoms with Crippen molar-refractivity contribution in [1.29, 1.82) is 0 Å². The summed E-state index contributed by atoms with van der Waals surface area (Å²) in [7, 11) is 0. The van der Waals surface area contributed by atoms with Gasteiger partial charge in [0.25, 0.3) is 0 Å². The Morgan fingerprint density at radius 3 is 2.48 bits per heavy atom. The van der Waals surface area contributed by atoms with E-state index in [1.807, 2.05) is 4.90 Å². The molecular weight excluding hydrogens is 392 g/mol. The number of nitrogens with one attached hydrogen (secondary N) is 1. The van der Waals surface area contributed by atoms with E-state index in [0.29, 0.717) is 18.8 Å². The second-order valence-electron chi connectivity index (χ2n) is 8.46. The van der Waals surface area contributed by atoms with Gasteiger partial charge in [-0.3, -0.25) is 14.5 Å². The molecule has 7 nitrogen and oxygen atoms in total. The molecule has 2 aliphatic rings. The standard InChI is InChI=1S/C24H30N4O3/c1-18-3-2-4-21(15-18)27-11-13-28(14-12-27)23(30)17-26-10-9-19(16-26)24(31)25-20-5-7-22(29)8-6-20/h2-8,15,19,29H,9-14,16-17H2,1H3,(H,25,31). The number of benzene rings is 2. The molecule has 2 heterocycles. The number of hydrogen-bond donors (Lipinski definition) is 2. The third-order valence-corrected chi connectivity index (χ3v) is 6.14. The lowest BCUT2D eigenvalue weighted by molar-refractivity contribution is -0.132. The molecule has 2 aromatic rings. The third-order valence-electron chi connectivity index (χ3n) is 6.14. The van der Waals surface area contributed by atoms with Gasteiger partial charge in [0.15, 0.2) is 0 Å². The Morgan fingerprint density at radius 2 is 1.77 bits per heavy atom. The first-order chi connectivity index (χ1) is 15.0. The van der Waals surface area contributed by atoms with Crippen molar-refractivity contribution in [1.82, 2.24) is 9.80 Å². The van der Waals surface area contributed by atoms with E-state index < -0.39 is 0 Å². The maximum atomic E-state index is 12.8. The normalized spacial score (nSPS) is 19.5. The maximum absolute atomic E-state index is 12.8. The van der Waals surface area contributed by atoms with E-state index in [-0.39, 0.29) is 23.5 Å². The number of carbonyl (C=O) groups is 2. The molecule has 2 aromatic carbocycles. The van der Waals surface area contributed by atoms with Crippen LogP contribution in [0.25, 0.3) is 0 Å². The molecule has 0 spiro atoms. The lowest BCUT2D eigenvalue weighted by Crippen LogP contribution is -2.51. The zero-order valence-corrected chi connectivity index (χ0v) is 18.0. The molecule has 2 saturated heterocycles. The topological polar surface area (TPSA) is 76.1 Å². The number of anilines is 2. The van der Waals surface area contributed by atoms with Crippen LogP contribution in [0.15, 0.2) is 48.5 Å². The number of likely N-dealkylation sites (tertiary alicyclic amines) is 1. The number of rotatable bonds is 5. The molecule has 0 aromatic heterocycles. The summed E-state index contributed by atoms with van der Waals surface area (Å²) in [4.78, 5) is 31.7. The predicted molar refractivity (Wildman–Crippen MR) is 121 cm³/mol. The average molecular weight is 423 g/mol. The lowest BCUT2D eigenvalue weighted by atomic mass is 10.1. The van der Waals surface area contributed by atoms with Gasteiger partial charge in [0, 0.05) is 44.1 Å². The van der Waals surface area contributed by atoms with E-state index in [0.717, 1.165) is 39.1 Å². The summed E-state index contributed by atoms with van der Waals surface area (Å²) in [5.74, 6) is 0.152. The van der Waals surface area contributed by atoms with Crippen LogP contribution < -0.4 is 10.2 Å². The predicted octanol–water partition coefficient (Wildman–Crippen LogP) is 2.31. The highest BCUT2D eigenvalue weighted by molar-refractivity contribution is 5.93. The van der Waals surface area contributed by atoms with Crippen molar-refractivity contribution < 1.29 is 14.7 Å². The van der Waals surface area contributed by atoms with Gasteiger partial charge in [-0.05, 0) is 61.9 Å². The van der Waals surface area contributed by atoms with Gasteiger partial charge in [0.1, 0.15) is 5.75 Å². The van der Waals surface area contributed by atoms with Gasteiger partial charge in [-0.1, -0.05) is 12.1 Å². The SMILES string of the molecule is Cc1cccc(N2CCN(C(=O)CN3CCC(C(=O)Nc4ccc(O)cc4)C3)CC2)c1. The summed E-state index contributed by atoms with van der Waals surface area (Å²) in [5, 5.41) is 12.2. The fourth-order valence-electron chi connectivity index (χ4n) is 4.31. The highest BCUT2D eigenvalue weighted by atomic mass is 16.3. The second-order valence-corrected chi connectivity index (χ2v) is 8.46. The van der Waals surface area contributed by atoms with E-state index in [1.165, 1.54) is 11.3 Å². The molecule has 7 heteroatoms. The molecule has 0 bridgehead atoms. The number of aryl methyl sites for hydroxylation is 1. The summed E-state index contributed by atoms with van der Waals surface area (Å²) in [6, 6.07) is 14.9. The third kappa shape index (κ3) is 5.35. The van der Waals surface area contributed by atoms with Gasteiger partial charge in [0.2, 0.25) is 11.8 Å². The van der Waals surface area contributed by atoms with Crippen molar-refractivity contribution >= 4 is 23.2 Å². The van der Waals surface area contributed by atoms with Gasteiger partial charge in [0.05, 0.1) is 12.5 Å². The van der Waals surface area contributed by atoms with Crippen LogP contribution in [0.3, 0.4) is 0 Å². The molecule has 0 saturated carbocycles. The molecule has 1 unspecified atom stereocenters. The van der Waals surface area contributed by atoms with Crippen molar-refractivity contribution in [2.75, 3.05) is 56.0 Å². The minimum Gasteiger partial charge on any atom is -0.508 e. The van der Waals surface area contributed by atoms with Crippen molar-refractivity contribution in [2.45, 2.75) is 13.3 Å². The van der Waals surface area contributed by atoms with Crippen LogP contribution in [0.5, 0.6) is 5.75 Å².